The van der Waals surface area contributed by atoms with Crippen LogP contribution >= 0.6 is 0 Å². The first-order chi connectivity index (χ1) is 13.7. The molecule has 2 aliphatic rings. The lowest BCUT2D eigenvalue weighted by molar-refractivity contribution is 0.0670. The Labute approximate surface area is 161 Å². The zero-order valence-electron chi connectivity index (χ0n) is 15.6. The maximum atomic E-state index is 13.2. The van der Waals surface area contributed by atoms with Gasteiger partial charge in [0.2, 0.25) is 11.4 Å². The number of benzene rings is 1. The Kier molecular flexibility index (Phi) is 4.22. The van der Waals surface area contributed by atoms with Crippen LogP contribution in [0.15, 0.2) is 39.6 Å². The number of likely N-dealkylation sites (tertiary alicyclic amines) is 1. The minimum atomic E-state index is -0.255. The summed E-state index contributed by atoms with van der Waals surface area (Å²) in [5, 5.41) is 4.86. The first-order valence-corrected chi connectivity index (χ1v) is 9.91. The predicted octanol–water partition coefficient (Wildman–Crippen LogP) is 2.88. The van der Waals surface area contributed by atoms with Crippen LogP contribution in [0.1, 0.15) is 53.7 Å². The van der Waals surface area contributed by atoms with Crippen molar-refractivity contribution >= 4 is 16.8 Å². The molecule has 0 spiro atoms. The molecule has 1 saturated heterocycles. The van der Waals surface area contributed by atoms with Crippen LogP contribution in [0, 0.1) is 5.92 Å². The highest BCUT2D eigenvalue weighted by Gasteiger charge is 2.30. The van der Waals surface area contributed by atoms with Crippen LogP contribution in [0.3, 0.4) is 0 Å². The molecule has 1 atom stereocenters. The quantitative estimate of drug-likeness (QED) is 0.754. The zero-order chi connectivity index (χ0) is 19.1. The number of rotatable bonds is 4. The van der Waals surface area contributed by atoms with E-state index in [-0.39, 0.29) is 11.5 Å². The normalized spacial score (nSPS) is 19.9. The van der Waals surface area contributed by atoms with E-state index in [0.717, 1.165) is 36.9 Å². The molecule has 5 rings (SSSR count). The first kappa shape index (κ1) is 17.2. The number of H-pyrrole nitrogens is 1. The molecule has 0 unspecified atom stereocenters. The van der Waals surface area contributed by atoms with Gasteiger partial charge in [-0.3, -0.25) is 9.59 Å². The topological polar surface area (TPSA) is 92.1 Å². The Balaban J connectivity index is 1.34. The summed E-state index contributed by atoms with van der Waals surface area (Å²) in [7, 11) is 0. The first-order valence-electron chi connectivity index (χ1n) is 9.91. The van der Waals surface area contributed by atoms with Crippen LogP contribution in [-0.2, 0) is 6.42 Å². The molecule has 2 fully saturated rings. The number of carbonyl (C=O) groups excluding carboxylic acids is 1. The smallest absolute Gasteiger partial charge is 0.254 e. The van der Waals surface area contributed by atoms with Gasteiger partial charge >= 0.3 is 0 Å². The van der Waals surface area contributed by atoms with Crippen molar-refractivity contribution in [3.63, 3.8) is 0 Å². The highest BCUT2D eigenvalue weighted by molar-refractivity contribution is 6.05. The maximum absolute atomic E-state index is 13.2. The van der Waals surface area contributed by atoms with Crippen LogP contribution < -0.4 is 5.56 Å². The SMILES string of the molecule is O=C(c1cc(=O)[nH]c2ccccc12)N1CCC[C@H](Cc2nc(C3CC3)no2)C1. The minimum Gasteiger partial charge on any atom is -0.339 e. The van der Waals surface area contributed by atoms with Gasteiger partial charge in [-0.25, -0.2) is 0 Å². The lowest BCUT2D eigenvalue weighted by atomic mass is 9.94. The van der Waals surface area contributed by atoms with Crippen molar-refractivity contribution in [2.75, 3.05) is 13.1 Å². The number of aromatic nitrogens is 3. The van der Waals surface area contributed by atoms with E-state index in [1.54, 1.807) is 0 Å². The molecule has 28 heavy (non-hydrogen) atoms. The third kappa shape index (κ3) is 3.32. The van der Waals surface area contributed by atoms with Gasteiger partial charge in [0.05, 0.1) is 5.56 Å². The summed E-state index contributed by atoms with van der Waals surface area (Å²) in [4.78, 5) is 34.4. The summed E-state index contributed by atoms with van der Waals surface area (Å²) >= 11 is 0. The highest BCUT2D eigenvalue weighted by Crippen LogP contribution is 2.38. The lowest BCUT2D eigenvalue weighted by Crippen LogP contribution is -2.41. The van der Waals surface area contributed by atoms with Gasteiger partial charge in [-0.05, 0) is 37.7 Å². The summed E-state index contributed by atoms with van der Waals surface area (Å²) < 4.78 is 5.41. The number of hydrogen-bond acceptors (Lipinski definition) is 5. The van der Waals surface area contributed by atoms with E-state index >= 15 is 0 Å². The molecule has 1 aliphatic carbocycles. The number of para-hydroxylation sites is 1. The molecule has 3 heterocycles. The minimum absolute atomic E-state index is 0.0869. The highest BCUT2D eigenvalue weighted by atomic mass is 16.5. The monoisotopic (exact) mass is 378 g/mol. The fraction of sp³-hybridized carbons (Fsp3) is 0.429. The second-order valence-electron chi connectivity index (χ2n) is 7.88. The van der Waals surface area contributed by atoms with Crippen LogP contribution in [0.2, 0.25) is 0 Å². The van der Waals surface area contributed by atoms with Crippen molar-refractivity contribution < 1.29 is 9.32 Å². The van der Waals surface area contributed by atoms with Gasteiger partial charge in [-0.2, -0.15) is 4.98 Å². The van der Waals surface area contributed by atoms with Crippen molar-refractivity contribution in [3.05, 3.63) is 58.0 Å². The number of nitrogens with zero attached hydrogens (tertiary/aromatic N) is 3. The van der Waals surface area contributed by atoms with E-state index in [9.17, 15) is 9.59 Å². The number of fused-ring (bicyclic) bond motifs is 1. The molecule has 1 aliphatic heterocycles. The average Bonchev–Trinajstić information content (AvgIpc) is 3.46. The van der Waals surface area contributed by atoms with Crippen molar-refractivity contribution in [1.82, 2.24) is 20.0 Å². The van der Waals surface area contributed by atoms with E-state index in [2.05, 4.69) is 15.1 Å². The molecule has 1 aromatic carbocycles. The van der Waals surface area contributed by atoms with Gasteiger partial charge in [0.25, 0.3) is 5.91 Å². The van der Waals surface area contributed by atoms with Gasteiger partial charge in [0.1, 0.15) is 0 Å². The molecule has 1 saturated carbocycles. The second-order valence-corrected chi connectivity index (χ2v) is 7.88. The van der Waals surface area contributed by atoms with Gasteiger partial charge in [0.15, 0.2) is 5.82 Å². The van der Waals surface area contributed by atoms with Gasteiger partial charge in [-0.15, -0.1) is 0 Å². The summed E-state index contributed by atoms with van der Waals surface area (Å²) in [6, 6.07) is 8.83. The van der Waals surface area contributed by atoms with Crippen LogP contribution in [0.4, 0.5) is 0 Å². The van der Waals surface area contributed by atoms with Gasteiger partial charge in [-0.1, -0.05) is 23.4 Å². The standard InChI is InChI=1S/C21H22N4O3/c26-18-11-16(15-5-1-2-6-17(15)22-18)21(27)25-9-3-4-13(12-25)10-19-23-20(24-28-19)14-7-8-14/h1-2,5-6,11,13-14H,3-4,7-10,12H2,(H,22,26)/t13-/m1/s1. The van der Waals surface area contributed by atoms with Crippen molar-refractivity contribution in [2.24, 2.45) is 5.92 Å². The molecule has 1 amide bonds. The molecule has 144 valence electrons. The number of carbonyl (C=O) groups is 1. The van der Waals surface area contributed by atoms with Crippen LogP contribution in [-0.4, -0.2) is 39.0 Å². The Morgan fingerprint density at radius 1 is 1.25 bits per heavy atom. The molecule has 0 radical (unpaired) electrons. The second kappa shape index (κ2) is 6.89. The Hall–Kier alpha value is -2.96. The predicted molar refractivity (Wildman–Crippen MR) is 103 cm³/mol. The van der Waals surface area contributed by atoms with Crippen molar-refractivity contribution in [1.29, 1.82) is 0 Å². The summed E-state index contributed by atoms with van der Waals surface area (Å²) in [6.45, 7) is 1.34. The number of amides is 1. The molecule has 7 nitrogen and oxygen atoms in total. The molecular formula is C21H22N4O3. The Morgan fingerprint density at radius 2 is 2.11 bits per heavy atom. The van der Waals surface area contributed by atoms with Crippen molar-refractivity contribution in [2.45, 2.75) is 38.0 Å². The fourth-order valence-electron chi connectivity index (χ4n) is 4.07. The molecule has 1 N–H and O–H groups in total. The molecule has 3 aromatic rings. The van der Waals surface area contributed by atoms with Gasteiger partial charge in [0, 0.05) is 42.4 Å². The van der Waals surface area contributed by atoms with Crippen molar-refractivity contribution in [3.8, 4) is 0 Å². The number of hydrogen-bond donors (Lipinski definition) is 1. The largest absolute Gasteiger partial charge is 0.339 e. The Morgan fingerprint density at radius 3 is 2.96 bits per heavy atom. The Bertz CT molecular complexity index is 1080. The molecule has 2 aromatic heterocycles. The third-order valence-corrected chi connectivity index (χ3v) is 5.68. The van der Waals surface area contributed by atoms with E-state index in [0.29, 0.717) is 48.3 Å². The number of piperidine rings is 1. The van der Waals surface area contributed by atoms with Crippen LogP contribution in [0.5, 0.6) is 0 Å². The molecule has 0 bridgehead atoms. The fourth-order valence-corrected chi connectivity index (χ4v) is 4.07. The van der Waals surface area contributed by atoms with E-state index in [4.69, 9.17) is 4.52 Å². The molecule has 7 heteroatoms. The average molecular weight is 378 g/mol. The van der Waals surface area contributed by atoms with E-state index in [1.807, 2.05) is 29.2 Å². The summed E-state index contributed by atoms with van der Waals surface area (Å²) in [5.74, 6) is 2.18. The van der Waals surface area contributed by atoms with E-state index in [1.165, 1.54) is 6.07 Å². The number of aromatic amines is 1. The molecular weight excluding hydrogens is 356 g/mol. The van der Waals surface area contributed by atoms with Crippen LogP contribution in [0.25, 0.3) is 10.9 Å². The van der Waals surface area contributed by atoms with Gasteiger partial charge < -0.3 is 14.4 Å². The number of nitrogens with one attached hydrogen (secondary N) is 1. The maximum Gasteiger partial charge on any atom is 0.254 e. The summed E-state index contributed by atoms with van der Waals surface area (Å²) in [5.41, 5.74) is 0.897. The van der Waals surface area contributed by atoms with E-state index < -0.39 is 0 Å². The number of pyridine rings is 1. The zero-order valence-corrected chi connectivity index (χ0v) is 15.6. The lowest BCUT2D eigenvalue weighted by Gasteiger charge is -2.32. The summed E-state index contributed by atoms with van der Waals surface area (Å²) in [6.07, 6.45) is 4.95. The third-order valence-electron chi connectivity index (χ3n) is 5.68.